The van der Waals surface area contributed by atoms with Gasteiger partial charge in [-0.2, -0.15) is 0 Å². The predicted octanol–water partition coefficient (Wildman–Crippen LogP) is 9.14. The number of phenolic OH excluding ortho intramolecular Hbond substituents is 1. The molecule has 4 heteroatoms. The number of benzene rings is 4. The number of para-hydroxylation sites is 2. The first-order valence-electron chi connectivity index (χ1n) is 13.4. The van der Waals surface area contributed by atoms with E-state index in [2.05, 4.69) is 66.4 Å². The van der Waals surface area contributed by atoms with Crippen LogP contribution in [0.3, 0.4) is 0 Å². The molecule has 0 saturated carbocycles. The van der Waals surface area contributed by atoms with Crippen LogP contribution in [-0.2, 0) is 0 Å². The highest BCUT2D eigenvalue weighted by atomic mass is 16.3. The molecule has 6 aromatic rings. The van der Waals surface area contributed by atoms with Crippen molar-refractivity contribution in [1.82, 2.24) is 9.97 Å². The van der Waals surface area contributed by atoms with Gasteiger partial charge in [-0.15, -0.1) is 0 Å². The topological polar surface area (TPSA) is 49.3 Å². The molecule has 1 unspecified atom stereocenters. The number of anilines is 3. The van der Waals surface area contributed by atoms with Gasteiger partial charge in [0.1, 0.15) is 11.6 Å². The van der Waals surface area contributed by atoms with Crippen LogP contribution in [0.15, 0.2) is 146 Å². The van der Waals surface area contributed by atoms with Crippen molar-refractivity contribution in [1.29, 1.82) is 0 Å². The smallest absolute Gasteiger partial charge is 0.137 e. The van der Waals surface area contributed by atoms with Crippen molar-refractivity contribution >= 4 is 17.2 Å². The van der Waals surface area contributed by atoms with Gasteiger partial charge in [0.2, 0.25) is 0 Å². The number of rotatable bonds is 7. The first-order chi connectivity index (χ1) is 19.7. The van der Waals surface area contributed by atoms with Crippen LogP contribution in [0.5, 0.6) is 5.75 Å². The number of nitrogens with zero attached hydrogens (tertiary/aromatic N) is 3. The van der Waals surface area contributed by atoms with Crippen molar-refractivity contribution in [2.45, 2.75) is 12.8 Å². The summed E-state index contributed by atoms with van der Waals surface area (Å²) in [4.78, 5) is 11.9. The van der Waals surface area contributed by atoms with E-state index in [1.807, 2.05) is 85.1 Å². The molecule has 2 heterocycles. The summed E-state index contributed by atoms with van der Waals surface area (Å²) in [6.45, 7) is 2.24. The zero-order valence-electron chi connectivity index (χ0n) is 22.2. The number of hydrogen-bond donors (Lipinski definition) is 1. The molecule has 0 bridgehead atoms. The van der Waals surface area contributed by atoms with E-state index in [0.717, 1.165) is 34.1 Å². The van der Waals surface area contributed by atoms with Crippen LogP contribution in [0.4, 0.5) is 17.2 Å². The van der Waals surface area contributed by atoms with Gasteiger partial charge in [0.25, 0.3) is 0 Å². The van der Waals surface area contributed by atoms with Crippen LogP contribution in [0.2, 0.25) is 0 Å². The van der Waals surface area contributed by atoms with E-state index in [1.165, 1.54) is 11.1 Å². The van der Waals surface area contributed by atoms with Gasteiger partial charge < -0.3 is 5.11 Å². The fourth-order valence-electron chi connectivity index (χ4n) is 5.08. The van der Waals surface area contributed by atoms with Gasteiger partial charge in [-0.05, 0) is 65.7 Å². The quantitative estimate of drug-likeness (QED) is 0.228. The Labute approximate surface area is 234 Å². The Morgan fingerprint density at radius 1 is 0.650 bits per heavy atom. The molecule has 4 nitrogen and oxygen atoms in total. The van der Waals surface area contributed by atoms with Gasteiger partial charge in [0.15, 0.2) is 0 Å². The Balaban J connectivity index is 1.55. The Bertz CT molecular complexity index is 1680. The van der Waals surface area contributed by atoms with Crippen LogP contribution < -0.4 is 4.90 Å². The average molecular weight is 520 g/mol. The summed E-state index contributed by atoms with van der Waals surface area (Å²) in [6, 6.07) is 46.6. The molecule has 0 saturated heterocycles. The van der Waals surface area contributed by atoms with E-state index in [4.69, 9.17) is 9.97 Å². The summed E-state index contributed by atoms with van der Waals surface area (Å²) in [5.74, 6) is 1.19. The minimum Gasteiger partial charge on any atom is -0.507 e. The largest absolute Gasteiger partial charge is 0.507 e. The van der Waals surface area contributed by atoms with Crippen molar-refractivity contribution < 1.29 is 5.11 Å². The number of phenols is 1. The maximum Gasteiger partial charge on any atom is 0.137 e. The molecule has 1 N–H and O–H groups in total. The van der Waals surface area contributed by atoms with Crippen molar-refractivity contribution in [3.8, 4) is 28.3 Å². The SMILES string of the molecule is CC(c1ccccc1)c1ccc(-c2cccc(-c3ccccc3O)n2)cc1N(c1ccccc1)c1ccccn1. The lowest BCUT2D eigenvalue weighted by Crippen LogP contribution is -2.15. The second-order valence-electron chi connectivity index (χ2n) is 9.69. The van der Waals surface area contributed by atoms with Gasteiger partial charge in [0, 0.05) is 28.9 Å². The Kier molecular flexibility index (Phi) is 7.06. The zero-order valence-corrected chi connectivity index (χ0v) is 22.2. The highest BCUT2D eigenvalue weighted by Gasteiger charge is 2.22. The van der Waals surface area contributed by atoms with Crippen LogP contribution in [0.1, 0.15) is 24.0 Å². The summed E-state index contributed by atoms with van der Waals surface area (Å²) in [5, 5.41) is 10.4. The standard InChI is InChI=1S/C36H29N3O/c1-26(27-13-4-2-5-14-27)30-23-22-28(32-18-12-19-33(38-32)31-17-8-9-20-35(31)40)25-34(30)39(29-15-6-3-7-16-29)36-21-10-11-24-37-36/h2-26,40H,1H3. The number of hydrogen-bond acceptors (Lipinski definition) is 4. The van der Waals surface area contributed by atoms with E-state index >= 15 is 0 Å². The van der Waals surface area contributed by atoms with E-state index in [1.54, 1.807) is 6.07 Å². The monoisotopic (exact) mass is 519 g/mol. The fourth-order valence-corrected chi connectivity index (χ4v) is 5.08. The van der Waals surface area contributed by atoms with Gasteiger partial charge in [0.05, 0.1) is 17.1 Å². The lowest BCUT2D eigenvalue weighted by molar-refractivity contribution is 0.477. The van der Waals surface area contributed by atoms with Crippen molar-refractivity contribution in [2.75, 3.05) is 4.90 Å². The first-order valence-corrected chi connectivity index (χ1v) is 13.4. The molecule has 0 aliphatic carbocycles. The third kappa shape index (κ3) is 5.07. The van der Waals surface area contributed by atoms with Gasteiger partial charge in [-0.1, -0.05) is 91.9 Å². The first kappa shape index (κ1) is 25.1. The molecule has 0 radical (unpaired) electrons. The van der Waals surface area contributed by atoms with E-state index in [-0.39, 0.29) is 11.7 Å². The van der Waals surface area contributed by atoms with Crippen molar-refractivity contribution in [3.05, 3.63) is 157 Å². The highest BCUT2D eigenvalue weighted by molar-refractivity contribution is 5.81. The normalized spacial score (nSPS) is 11.6. The molecule has 2 aromatic heterocycles. The Morgan fingerprint density at radius 2 is 1.35 bits per heavy atom. The summed E-state index contributed by atoms with van der Waals surface area (Å²) < 4.78 is 0. The lowest BCUT2D eigenvalue weighted by atomic mass is 9.90. The Morgan fingerprint density at radius 3 is 2.10 bits per heavy atom. The number of aromatic nitrogens is 2. The molecule has 1 atom stereocenters. The summed E-state index contributed by atoms with van der Waals surface area (Å²) >= 11 is 0. The third-order valence-corrected chi connectivity index (χ3v) is 7.16. The molecule has 0 aliphatic heterocycles. The Hall–Kier alpha value is -5.22. The van der Waals surface area contributed by atoms with Crippen molar-refractivity contribution in [3.63, 3.8) is 0 Å². The number of aromatic hydroxyl groups is 1. The molecule has 0 fully saturated rings. The van der Waals surface area contributed by atoms with Gasteiger partial charge in [-0.25, -0.2) is 9.97 Å². The van der Waals surface area contributed by atoms with E-state index in [0.29, 0.717) is 5.56 Å². The summed E-state index contributed by atoms with van der Waals surface area (Å²) in [5.41, 5.74) is 7.72. The summed E-state index contributed by atoms with van der Waals surface area (Å²) in [6.07, 6.45) is 1.83. The summed E-state index contributed by atoms with van der Waals surface area (Å²) in [7, 11) is 0. The van der Waals surface area contributed by atoms with Crippen LogP contribution >= 0.6 is 0 Å². The molecule has 0 aliphatic rings. The van der Waals surface area contributed by atoms with E-state index in [9.17, 15) is 5.11 Å². The van der Waals surface area contributed by atoms with E-state index < -0.39 is 0 Å². The molecule has 4 aromatic carbocycles. The fraction of sp³-hybridized carbons (Fsp3) is 0.0556. The van der Waals surface area contributed by atoms with Gasteiger partial charge in [-0.3, -0.25) is 4.90 Å². The van der Waals surface area contributed by atoms with Crippen LogP contribution in [-0.4, -0.2) is 15.1 Å². The van der Waals surface area contributed by atoms with Crippen molar-refractivity contribution in [2.24, 2.45) is 0 Å². The molecule has 6 rings (SSSR count). The molecule has 0 amide bonds. The van der Waals surface area contributed by atoms with Gasteiger partial charge >= 0.3 is 0 Å². The maximum atomic E-state index is 10.4. The second-order valence-corrected chi connectivity index (χ2v) is 9.69. The number of pyridine rings is 2. The van der Waals surface area contributed by atoms with Crippen LogP contribution in [0.25, 0.3) is 22.5 Å². The lowest BCUT2D eigenvalue weighted by Gasteiger charge is -2.29. The predicted molar refractivity (Wildman–Crippen MR) is 163 cm³/mol. The van der Waals surface area contributed by atoms with Crippen LogP contribution in [0, 0.1) is 0 Å². The minimum atomic E-state index is 0.140. The second kappa shape index (κ2) is 11.3. The molecular formula is C36H29N3O. The third-order valence-electron chi connectivity index (χ3n) is 7.16. The molecular weight excluding hydrogens is 490 g/mol. The molecule has 40 heavy (non-hydrogen) atoms. The zero-order chi connectivity index (χ0) is 27.3. The maximum absolute atomic E-state index is 10.4. The molecule has 194 valence electrons. The highest BCUT2D eigenvalue weighted by Crippen LogP contribution is 2.42. The minimum absolute atomic E-state index is 0.140. The average Bonchev–Trinajstić information content (AvgIpc) is 3.03. The molecule has 0 spiro atoms.